The molecule has 0 aromatic rings. The second-order valence-corrected chi connectivity index (χ2v) is 3.79. The van der Waals surface area contributed by atoms with Crippen LogP contribution in [-0.2, 0) is 4.79 Å². The third-order valence-electron chi connectivity index (χ3n) is 2.26. The molecule has 12 heavy (non-hydrogen) atoms. The number of hydrogen-bond acceptors (Lipinski definition) is 2. The molecule has 1 N–H and O–H groups in total. The molecule has 1 unspecified atom stereocenters. The summed E-state index contributed by atoms with van der Waals surface area (Å²) in [6, 6.07) is 0. The zero-order chi connectivity index (χ0) is 9.35. The summed E-state index contributed by atoms with van der Waals surface area (Å²) in [5.74, 6) is 0. The third kappa shape index (κ3) is 1.48. The van der Waals surface area contributed by atoms with Gasteiger partial charge in [-0.15, -0.1) is 0 Å². The highest BCUT2D eigenvalue weighted by atomic mass is 16.3. The molecule has 1 rings (SSSR count). The van der Waals surface area contributed by atoms with E-state index in [2.05, 4.69) is 0 Å². The molecule has 1 atom stereocenters. The molecule has 0 aromatic heterocycles. The van der Waals surface area contributed by atoms with Crippen molar-refractivity contribution in [1.29, 1.82) is 0 Å². The molecule has 0 spiro atoms. The van der Waals surface area contributed by atoms with Crippen LogP contribution in [0.25, 0.3) is 0 Å². The van der Waals surface area contributed by atoms with E-state index in [4.69, 9.17) is 0 Å². The van der Waals surface area contributed by atoms with E-state index < -0.39 is 6.10 Å². The molecule has 2 nitrogen and oxygen atoms in total. The number of carbonyl (C=O) groups is 1. The molecule has 1 aliphatic rings. The summed E-state index contributed by atoms with van der Waals surface area (Å²) >= 11 is 0. The molecule has 0 aliphatic heterocycles. The maximum absolute atomic E-state index is 10.6. The maximum Gasteiger partial charge on any atom is 0.146 e. The van der Waals surface area contributed by atoms with Gasteiger partial charge in [0.25, 0.3) is 0 Å². The maximum atomic E-state index is 10.6. The summed E-state index contributed by atoms with van der Waals surface area (Å²) < 4.78 is 0. The fourth-order valence-corrected chi connectivity index (χ4v) is 1.45. The Morgan fingerprint density at radius 2 is 2.17 bits per heavy atom. The van der Waals surface area contributed by atoms with E-state index in [9.17, 15) is 9.90 Å². The molecular weight excluding hydrogens is 152 g/mol. The van der Waals surface area contributed by atoms with Crippen molar-refractivity contribution in [2.45, 2.75) is 26.9 Å². The molecule has 0 amide bonds. The average molecular weight is 166 g/mol. The van der Waals surface area contributed by atoms with Crippen LogP contribution in [0.3, 0.4) is 0 Å². The van der Waals surface area contributed by atoms with Gasteiger partial charge in [0, 0.05) is 11.0 Å². The van der Waals surface area contributed by atoms with Crippen molar-refractivity contribution < 1.29 is 9.90 Å². The van der Waals surface area contributed by atoms with Gasteiger partial charge in [-0.05, 0) is 18.6 Å². The van der Waals surface area contributed by atoms with Gasteiger partial charge in [0.1, 0.15) is 6.29 Å². The van der Waals surface area contributed by atoms with Crippen molar-refractivity contribution in [2.75, 3.05) is 0 Å². The van der Waals surface area contributed by atoms with E-state index in [1.54, 1.807) is 6.08 Å². The minimum absolute atomic E-state index is 0.231. The van der Waals surface area contributed by atoms with Gasteiger partial charge in [0.2, 0.25) is 0 Å². The van der Waals surface area contributed by atoms with E-state index in [-0.39, 0.29) is 5.41 Å². The van der Waals surface area contributed by atoms with Gasteiger partial charge in [-0.2, -0.15) is 0 Å². The lowest BCUT2D eigenvalue weighted by Crippen LogP contribution is -2.22. The van der Waals surface area contributed by atoms with Gasteiger partial charge >= 0.3 is 0 Å². The van der Waals surface area contributed by atoms with Crippen LogP contribution in [0.4, 0.5) is 0 Å². The zero-order valence-electron chi connectivity index (χ0n) is 7.66. The highest BCUT2D eigenvalue weighted by Crippen LogP contribution is 2.33. The number of carbonyl (C=O) groups excluding carboxylic acids is 1. The van der Waals surface area contributed by atoms with Crippen molar-refractivity contribution in [3.05, 3.63) is 23.3 Å². The van der Waals surface area contributed by atoms with Crippen molar-refractivity contribution in [3.63, 3.8) is 0 Å². The number of hydrogen-bond donors (Lipinski definition) is 1. The number of aliphatic hydroxyl groups is 1. The van der Waals surface area contributed by atoms with E-state index >= 15 is 0 Å². The molecule has 0 heterocycles. The summed E-state index contributed by atoms with van der Waals surface area (Å²) in [6.07, 6.45) is 3.77. The quantitative estimate of drug-likeness (QED) is 0.473. The molecule has 0 bridgehead atoms. The first kappa shape index (κ1) is 9.20. The van der Waals surface area contributed by atoms with Crippen molar-refractivity contribution in [1.82, 2.24) is 0 Å². The molecule has 0 saturated heterocycles. The molecule has 0 aromatic carbocycles. The van der Waals surface area contributed by atoms with Crippen LogP contribution in [0, 0.1) is 5.41 Å². The van der Waals surface area contributed by atoms with E-state index in [0.717, 1.165) is 11.9 Å². The Labute approximate surface area is 72.6 Å². The van der Waals surface area contributed by atoms with Crippen molar-refractivity contribution in [3.8, 4) is 0 Å². The predicted molar refractivity (Wildman–Crippen MR) is 47.7 cm³/mol. The highest BCUT2D eigenvalue weighted by molar-refractivity contribution is 5.77. The fraction of sp³-hybridized carbons (Fsp3) is 0.500. The Morgan fingerprint density at radius 3 is 2.67 bits per heavy atom. The van der Waals surface area contributed by atoms with E-state index in [0.29, 0.717) is 5.57 Å². The van der Waals surface area contributed by atoms with Crippen LogP contribution in [-0.4, -0.2) is 17.5 Å². The molecule has 2 heteroatoms. The summed E-state index contributed by atoms with van der Waals surface area (Å²) in [6.45, 7) is 5.79. The van der Waals surface area contributed by atoms with Crippen LogP contribution >= 0.6 is 0 Å². The third-order valence-corrected chi connectivity index (χ3v) is 2.26. The standard InChI is InChI=1S/C10H14O2/c1-7-5-10(2,3)8(6-11)4-9(7)12/h4-6,9,12H,1-3H3. The van der Waals surface area contributed by atoms with Crippen LogP contribution in [0.1, 0.15) is 20.8 Å². The van der Waals surface area contributed by atoms with Crippen LogP contribution in [0.2, 0.25) is 0 Å². The number of aldehydes is 1. The summed E-state index contributed by atoms with van der Waals surface area (Å²) in [7, 11) is 0. The SMILES string of the molecule is CC1=CC(C)(C)C(C=O)=CC1O. The van der Waals surface area contributed by atoms with Gasteiger partial charge < -0.3 is 5.11 Å². The van der Waals surface area contributed by atoms with Crippen molar-refractivity contribution >= 4 is 6.29 Å². The lowest BCUT2D eigenvalue weighted by molar-refractivity contribution is -0.105. The lowest BCUT2D eigenvalue weighted by Gasteiger charge is -2.27. The second kappa shape index (κ2) is 2.87. The minimum atomic E-state index is -0.585. The van der Waals surface area contributed by atoms with Crippen LogP contribution in [0.15, 0.2) is 23.3 Å². The van der Waals surface area contributed by atoms with E-state index in [1.807, 2.05) is 26.8 Å². The molecule has 0 fully saturated rings. The monoisotopic (exact) mass is 166 g/mol. The summed E-state index contributed by atoms with van der Waals surface area (Å²) in [5, 5.41) is 9.41. The van der Waals surface area contributed by atoms with Crippen LogP contribution < -0.4 is 0 Å². The number of allylic oxidation sites excluding steroid dienone is 2. The Kier molecular flexibility index (Phi) is 2.20. The highest BCUT2D eigenvalue weighted by Gasteiger charge is 2.26. The normalized spacial score (nSPS) is 27.5. The van der Waals surface area contributed by atoms with Gasteiger partial charge in [0.05, 0.1) is 6.10 Å². The largest absolute Gasteiger partial charge is 0.385 e. The Hall–Kier alpha value is -0.890. The van der Waals surface area contributed by atoms with E-state index in [1.165, 1.54) is 0 Å². The lowest BCUT2D eigenvalue weighted by atomic mass is 9.78. The van der Waals surface area contributed by atoms with Gasteiger partial charge in [-0.25, -0.2) is 0 Å². The fourth-order valence-electron chi connectivity index (χ4n) is 1.45. The second-order valence-electron chi connectivity index (χ2n) is 3.79. The smallest absolute Gasteiger partial charge is 0.146 e. The molecule has 0 saturated carbocycles. The Morgan fingerprint density at radius 1 is 1.58 bits per heavy atom. The summed E-state index contributed by atoms with van der Waals surface area (Å²) in [4.78, 5) is 10.6. The van der Waals surface area contributed by atoms with Gasteiger partial charge in [-0.1, -0.05) is 19.9 Å². The molecule has 0 radical (unpaired) electrons. The topological polar surface area (TPSA) is 37.3 Å². The van der Waals surface area contributed by atoms with Gasteiger partial charge in [-0.3, -0.25) is 4.79 Å². The Balaban J connectivity index is 3.06. The van der Waals surface area contributed by atoms with Crippen molar-refractivity contribution in [2.24, 2.45) is 5.41 Å². The Bertz CT molecular complexity index is 259. The summed E-state index contributed by atoms with van der Waals surface area (Å²) in [5.41, 5.74) is 1.33. The van der Waals surface area contributed by atoms with Gasteiger partial charge in [0.15, 0.2) is 0 Å². The number of rotatable bonds is 1. The first-order chi connectivity index (χ1) is 5.47. The molecule has 1 aliphatic carbocycles. The first-order valence-electron chi connectivity index (χ1n) is 4.02. The predicted octanol–water partition coefficient (Wildman–Crippen LogP) is 1.46. The molecule has 66 valence electrons. The van der Waals surface area contributed by atoms with Crippen LogP contribution in [0.5, 0.6) is 0 Å². The average Bonchev–Trinajstić information content (AvgIpc) is 1.96. The number of aliphatic hydroxyl groups excluding tert-OH is 1. The molecular formula is C10H14O2. The minimum Gasteiger partial charge on any atom is -0.385 e. The first-order valence-corrected chi connectivity index (χ1v) is 4.02. The zero-order valence-corrected chi connectivity index (χ0v) is 7.66.